The highest BCUT2D eigenvalue weighted by Crippen LogP contribution is 2.45. The van der Waals surface area contributed by atoms with Crippen molar-refractivity contribution in [3.05, 3.63) is 17.5 Å². The Balaban J connectivity index is 1.91. The zero-order valence-electron chi connectivity index (χ0n) is 16.1. The minimum atomic E-state index is -5.10. The first-order valence-corrected chi connectivity index (χ1v) is 9.69. The number of nitrogen functional groups attached to an aromatic ring is 1. The highest BCUT2D eigenvalue weighted by Gasteiger charge is 2.58. The van der Waals surface area contributed by atoms with Crippen LogP contribution in [-0.4, -0.2) is 39.1 Å². The zero-order chi connectivity index (χ0) is 22.6. The van der Waals surface area contributed by atoms with Crippen LogP contribution in [0.2, 0.25) is 0 Å². The summed E-state index contributed by atoms with van der Waals surface area (Å²) in [6.45, 7) is 0.311. The summed E-state index contributed by atoms with van der Waals surface area (Å²) in [5.74, 6) is -2.07. The Bertz CT molecular complexity index is 975. The van der Waals surface area contributed by atoms with Crippen molar-refractivity contribution in [2.45, 2.75) is 62.5 Å². The molecule has 170 valence electrons. The molecular formula is C18H19F6N5O2. The maximum atomic E-state index is 13.7. The molecule has 2 aromatic rings. The van der Waals surface area contributed by atoms with E-state index in [4.69, 9.17) is 10.2 Å². The highest BCUT2D eigenvalue weighted by molar-refractivity contribution is 5.71. The summed E-state index contributed by atoms with van der Waals surface area (Å²) in [5, 5.41) is 17.2. The molecule has 2 atom stereocenters. The van der Waals surface area contributed by atoms with Gasteiger partial charge >= 0.3 is 12.4 Å². The maximum absolute atomic E-state index is 13.7. The molecule has 0 spiro atoms. The number of anilines is 2. The summed E-state index contributed by atoms with van der Waals surface area (Å²) >= 11 is 0. The summed E-state index contributed by atoms with van der Waals surface area (Å²) in [7, 11) is 0. The molecule has 31 heavy (non-hydrogen) atoms. The van der Waals surface area contributed by atoms with Crippen LogP contribution in [0.15, 0.2) is 10.5 Å². The van der Waals surface area contributed by atoms with Crippen LogP contribution in [0.5, 0.6) is 0 Å². The van der Waals surface area contributed by atoms with Gasteiger partial charge in [-0.2, -0.15) is 26.3 Å². The Morgan fingerprint density at radius 3 is 2.48 bits per heavy atom. The van der Waals surface area contributed by atoms with Crippen LogP contribution in [0.3, 0.4) is 0 Å². The molecule has 0 aromatic carbocycles. The lowest BCUT2D eigenvalue weighted by Gasteiger charge is -2.29. The number of nitrogens with zero attached hydrogens (tertiary/aromatic N) is 4. The number of aromatic nitrogens is 3. The van der Waals surface area contributed by atoms with Crippen molar-refractivity contribution in [2.75, 3.05) is 17.2 Å². The van der Waals surface area contributed by atoms with E-state index in [0.717, 1.165) is 0 Å². The second-order valence-corrected chi connectivity index (χ2v) is 7.80. The van der Waals surface area contributed by atoms with Gasteiger partial charge < -0.3 is 20.2 Å². The molecule has 7 nitrogen and oxygen atoms in total. The number of alkyl halides is 6. The molecule has 1 saturated heterocycles. The van der Waals surface area contributed by atoms with E-state index in [0.29, 0.717) is 31.9 Å². The summed E-state index contributed by atoms with van der Waals surface area (Å²) in [6.07, 6.45) is -8.82. The van der Waals surface area contributed by atoms with Crippen LogP contribution >= 0.6 is 0 Å². The van der Waals surface area contributed by atoms with Crippen LogP contribution in [0.1, 0.15) is 50.0 Å². The minimum Gasteiger partial charge on any atom is -0.416 e. The smallest absolute Gasteiger partial charge is 0.416 e. The van der Waals surface area contributed by atoms with Crippen LogP contribution in [0.4, 0.5) is 37.8 Å². The molecule has 4 heterocycles. The van der Waals surface area contributed by atoms with Gasteiger partial charge in [-0.25, -0.2) is 4.98 Å². The van der Waals surface area contributed by atoms with Crippen molar-refractivity contribution in [3.8, 4) is 11.6 Å². The van der Waals surface area contributed by atoms with Crippen LogP contribution in [-0.2, 0) is 11.8 Å². The van der Waals surface area contributed by atoms with E-state index in [1.54, 1.807) is 0 Å². The third-order valence-corrected chi connectivity index (χ3v) is 5.76. The lowest BCUT2D eigenvalue weighted by Crippen LogP contribution is -2.42. The first-order chi connectivity index (χ1) is 14.4. The summed E-state index contributed by atoms with van der Waals surface area (Å²) in [5.41, 5.74) is 0.473. The standard InChI is InChI=1S/C18H19F6N5O2/c19-17(20,21)10-8-11(25)12-14-27-28-15(31-14)16(30,18(22,23)24)6-2-1-4-9-5-3-7-29(9)13(10)26-12/h8-9,30H,1-7,25H2/t9-,16-/m1/s1. The third kappa shape index (κ3) is 3.68. The molecule has 2 aromatic heterocycles. The molecule has 4 bridgehead atoms. The molecule has 1 fully saturated rings. The van der Waals surface area contributed by atoms with Crippen LogP contribution in [0.25, 0.3) is 11.6 Å². The second-order valence-electron chi connectivity index (χ2n) is 7.80. The predicted molar refractivity (Wildman–Crippen MR) is 95.7 cm³/mol. The molecule has 0 radical (unpaired) electrons. The number of halogens is 6. The SMILES string of the molecule is Nc1cc(C(F)(F)F)c2nc1-c1nnc(o1)[C@@](O)(C(F)(F)F)CCCC[C@@H]1CCCN21. The fourth-order valence-corrected chi connectivity index (χ4v) is 4.15. The van der Waals surface area contributed by atoms with E-state index in [-0.39, 0.29) is 30.4 Å². The van der Waals surface area contributed by atoms with Crippen molar-refractivity contribution >= 4 is 11.5 Å². The third-order valence-electron chi connectivity index (χ3n) is 5.76. The molecule has 0 amide bonds. The van der Waals surface area contributed by atoms with Gasteiger partial charge in [0.2, 0.25) is 5.60 Å². The van der Waals surface area contributed by atoms with Crippen molar-refractivity contribution < 1.29 is 35.9 Å². The minimum absolute atomic E-state index is 0.0443. The molecule has 2 aliphatic heterocycles. The maximum Gasteiger partial charge on any atom is 0.426 e. The predicted octanol–water partition coefficient (Wildman–Crippen LogP) is 4.03. The lowest BCUT2D eigenvalue weighted by atomic mass is 9.94. The van der Waals surface area contributed by atoms with Crippen LogP contribution < -0.4 is 10.6 Å². The van der Waals surface area contributed by atoms with Gasteiger partial charge in [-0.1, -0.05) is 6.42 Å². The van der Waals surface area contributed by atoms with Gasteiger partial charge in [-0.15, -0.1) is 10.2 Å². The average Bonchev–Trinajstić information content (AvgIpc) is 3.32. The average molecular weight is 451 g/mol. The summed E-state index contributed by atoms with van der Waals surface area (Å²) < 4.78 is 87.1. The number of aliphatic hydroxyl groups is 1. The Morgan fingerprint density at radius 1 is 1.10 bits per heavy atom. The Morgan fingerprint density at radius 2 is 1.81 bits per heavy atom. The fraction of sp³-hybridized carbons (Fsp3) is 0.611. The molecule has 2 aliphatic rings. The van der Waals surface area contributed by atoms with Crippen molar-refractivity contribution in [1.82, 2.24) is 15.2 Å². The van der Waals surface area contributed by atoms with Crippen molar-refractivity contribution in [2.24, 2.45) is 0 Å². The molecule has 13 heteroatoms. The van der Waals surface area contributed by atoms with Crippen LogP contribution in [0, 0.1) is 0 Å². The molecule has 4 rings (SSSR count). The van der Waals surface area contributed by atoms with E-state index in [2.05, 4.69) is 15.2 Å². The zero-order valence-corrected chi connectivity index (χ0v) is 16.1. The largest absolute Gasteiger partial charge is 0.426 e. The quantitative estimate of drug-likeness (QED) is 0.584. The number of fused-ring (bicyclic) bond motifs is 7. The fourth-order valence-electron chi connectivity index (χ4n) is 4.15. The molecule has 0 saturated carbocycles. The lowest BCUT2D eigenvalue weighted by molar-refractivity contribution is -0.277. The highest BCUT2D eigenvalue weighted by atomic mass is 19.4. The molecular weight excluding hydrogens is 432 g/mol. The van der Waals surface area contributed by atoms with Crippen molar-refractivity contribution in [3.63, 3.8) is 0 Å². The summed E-state index contributed by atoms with van der Waals surface area (Å²) in [6, 6.07) is 0.342. The van der Waals surface area contributed by atoms with E-state index >= 15 is 0 Å². The number of nitrogens with two attached hydrogens (primary N) is 1. The number of hydrogen-bond acceptors (Lipinski definition) is 7. The van der Waals surface area contributed by atoms with Gasteiger partial charge in [-0.05, 0) is 38.2 Å². The Kier molecular flexibility index (Phi) is 5.06. The second kappa shape index (κ2) is 7.24. The van der Waals surface area contributed by atoms with Gasteiger partial charge in [0.25, 0.3) is 11.8 Å². The number of pyridine rings is 1. The Labute approximate surface area is 172 Å². The van der Waals surface area contributed by atoms with E-state index < -0.39 is 47.4 Å². The van der Waals surface area contributed by atoms with E-state index in [9.17, 15) is 31.4 Å². The molecule has 3 N–H and O–H groups in total. The first-order valence-electron chi connectivity index (χ1n) is 9.69. The molecule has 0 aliphatic carbocycles. The van der Waals surface area contributed by atoms with Gasteiger partial charge in [0.1, 0.15) is 11.4 Å². The van der Waals surface area contributed by atoms with Crippen molar-refractivity contribution in [1.29, 1.82) is 0 Å². The first kappa shape index (κ1) is 21.7. The van der Waals surface area contributed by atoms with E-state index in [1.165, 1.54) is 4.90 Å². The number of hydrogen-bond donors (Lipinski definition) is 2. The molecule has 0 unspecified atom stereocenters. The monoisotopic (exact) mass is 451 g/mol. The Hall–Kier alpha value is -2.57. The van der Waals surface area contributed by atoms with Gasteiger partial charge in [0, 0.05) is 12.6 Å². The number of rotatable bonds is 0. The summed E-state index contributed by atoms with van der Waals surface area (Å²) in [4.78, 5) is 5.53. The topological polar surface area (TPSA) is 101 Å². The normalized spacial score (nSPS) is 24.9. The van der Waals surface area contributed by atoms with Gasteiger partial charge in [0.15, 0.2) is 5.69 Å². The van der Waals surface area contributed by atoms with E-state index in [1.807, 2.05) is 0 Å². The van der Waals surface area contributed by atoms with Gasteiger partial charge in [0.05, 0.1) is 5.69 Å². The van der Waals surface area contributed by atoms with Gasteiger partial charge in [-0.3, -0.25) is 0 Å².